The van der Waals surface area contributed by atoms with Crippen molar-refractivity contribution in [1.29, 1.82) is 0 Å². The summed E-state index contributed by atoms with van der Waals surface area (Å²) in [6.45, 7) is 6.37. The summed E-state index contributed by atoms with van der Waals surface area (Å²) in [6, 6.07) is 16.2. The topological polar surface area (TPSA) is 47.1 Å². The van der Waals surface area contributed by atoms with Crippen molar-refractivity contribution >= 4 is 0 Å². The first-order valence-corrected chi connectivity index (χ1v) is 7.82. The zero-order valence-corrected chi connectivity index (χ0v) is 13.6. The van der Waals surface area contributed by atoms with Crippen LogP contribution in [-0.2, 0) is 0 Å². The van der Waals surface area contributed by atoms with Crippen molar-refractivity contribution in [2.45, 2.75) is 20.8 Å². The Bertz CT molecular complexity index is 809. The Hall–Kier alpha value is -2.75. The molecule has 0 spiro atoms. The van der Waals surface area contributed by atoms with Gasteiger partial charge in [-0.3, -0.25) is 5.10 Å². The number of nitrogens with zero attached hydrogens (tertiary/aromatic N) is 1. The highest BCUT2D eigenvalue weighted by Gasteiger charge is 2.15. The number of H-pyrrole nitrogens is 1. The highest BCUT2D eigenvalue weighted by molar-refractivity contribution is 5.70. The summed E-state index contributed by atoms with van der Waals surface area (Å²) in [6.07, 6.45) is 0. The van der Waals surface area contributed by atoms with Gasteiger partial charge in [-0.1, -0.05) is 37.6 Å². The van der Waals surface area contributed by atoms with Crippen molar-refractivity contribution in [3.8, 4) is 34.0 Å². The van der Waals surface area contributed by atoms with E-state index in [1.807, 2.05) is 44.2 Å². The summed E-state index contributed by atoms with van der Waals surface area (Å²) in [5.41, 5.74) is 5.26. The smallest absolute Gasteiger partial charge is 0.231 e. The molecule has 1 aromatic heterocycles. The van der Waals surface area contributed by atoms with Crippen LogP contribution in [0.25, 0.3) is 22.5 Å². The molecule has 0 saturated carbocycles. The standard InChI is InChI=1S/C17H14N2O2.C2H6/c1-11-3-2-4-12(7-11)14-9-15(19-18-14)13-5-6-16-17(8-13)21-10-20-16;1-2/h2-9H,10H2,1H3,(H,18,19);1-2H3. The Morgan fingerprint density at radius 1 is 0.913 bits per heavy atom. The van der Waals surface area contributed by atoms with Crippen LogP contribution in [0.3, 0.4) is 0 Å². The lowest BCUT2D eigenvalue weighted by atomic mass is 10.1. The second kappa shape index (κ2) is 6.57. The van der Waals surface area contributed by atoms with E-state index < -0.39 is 0 Å². The van der Waals surface area contributed by atoms with Crippen LogP contribution in [0.15, 0.2) is 48.5 Å². The van der Waals surface area contributed by atoms with Gasteiger partial charge in [-0.15, -0.1) is 0 Å². The molecule has 4 rings (SSSR count). The molecule has 0 radical (unpaired) electrons. The number of ether oxygens (including phenoxy) is 2. The van der Waals surface area contributed by atoms with Crippen molar-refractivity contribution in [2.75, 3.05) is 6.79 Å². The molecule has 2 heterocycles. The van der Waals surface area contributed by atoms with Crippen molar-refractivity contribution in [3.05, 3.63) is 54.1 Å². The Morgan fingerprint density at radius 2 is 1.74 bits per heavy atom. The lowest BCUT2D eigenvalue weighted by molar-refractivity contribution is 0.174. The SMILES string of the molecule is CC.Cc1cccc(-c2cc(-c3ccc4c(c3)OCO4)[nH]n2)c1. The molecule has 23 heavy (non-hydrogen) atoms. The first-order valence-electron chi connectivity index (χ1n) is 7.82. The molecule has 1 aliphatic rings. The van der Waals surface area contributed by atoms with Gasteiger partial charge in [0, 0.05) is 11.1 Å². The minimum Gasteiger partial charge on any atom is -0.454 e. The van der Waals surface area contributed by atoms with E-state index in [4.69, 9.17) is 9.47 Å². The van der Waals surface area contributed by atoms with E-state index >= 15 is 0 Å². The summed E-state index contributed by atoms with van der Waals surface area (Å²) < 4.78 is 10.7. The van der Waals surface area contributed by atoms with Crippen LogP contribution < -0.4 is 9.47 Å². The molecule has 0 fully saturated rings. The molecule has 2 aromatic carbocycles. The van der Waals surface area contributed by atoms with Gasteiger partial charge in [0.1, 0.15) is 0 Å². The molecule has 4 nitrogen and oxygen atoms in total. The largest absolute Gasteiger partial charge is 0.454 e. The van der Waals surface area contributed by atoms with Gasteiger partial charge in [-0.25, -0.2) is 0 Å². The summed E-state index contributed by atoms with van der Waals surface area (Å²) in [7, 11) is 0. The first-order chi connectivity index (χ1) is 11.3. The molecule has 0 amide bonds. The highest BCUT2D eigenvalue weighted by atomic mass is 16.7. The predicted octanol–water partition coefficient (Wildman–Crippen LogP) is 4.81. The molecule has 0 atom stereocenters. The summed E-state index contributed by atoms with van der Waals surface area (Å²) in [5, 5.41) is 7.49. The zero-order chi connectivity index (χ0) is 16.2. The molecule has 4 heteroatoms. The van der Waals surface area contributed by atoms with Gasteiger partial charge in [0.2, 0.25) is 6.79 Å². The fourth-order valence-corrected chi connectivity index (χ4v) is 2.49. The number of rotatable bonds is 2. The van der Waals surface area contributed by atoms with Crippen LogP contribution in [0.2, 0.25) is 0 Å². The maximum Gasteiger partial charge on any atom is 0.231 e. The maximum absolute atomic E-state index is 5.41. The molecule has 0 unspecified atom stereocenters. The minimum absolute atomic E-state index is 0.288. The van der Waals surface area contributed by atoms with Crippen LogP contribution >= 0.6 is 0 Å². The molecular weight excluding hydrogens is 288 g/mol. The molecular formula is C19H20N2O2. The van der Waals surface area contributed by atoms with E-state index in [0.717, 1.165) is 34.0 Å². The number of hydrogen-bond acceptors (Lipinski definition) is 3. The van der Waals surface area contributed by atoms with Crippen molar-refractivity contribution in [3.63, 3.8) is 0 Å². The number of nitrogens with one attached hydrogen (secondary N) is 1. The van der Waals surface area contributed by atoms with Crippen molar-refractivity contribution < 1.29 is 9.47 Å². The van der Waals surface area contributed by atoms with Crippen LogP contribution in [-0.4, -0.2) is 17.0 Å². The third kappa shape index (κ3) is 3.06. The lowest BCUT2D eigenvalue weighted by Gasteiger charge is -2.00. The molecule has 0 saturated heterocycles. The number of aryl methyl sites for hydroxylation is 1. The number of hydrogen-bond donors (Lipinski definition) is 1. The van der Waals surface area contributed by atoms with Gasteiger partial charge < -0.3 is 9.47 Å². The third-order valence-electron chi connectivity index (χ3n) is 3.58. The average Bonchev–Trinajstić information content (AvgIpc) is 3.25. The lowest BCUT2D eigenvalue weighted by Crippen LogP contribution is -1.92. The Labute approximate surface area is 136 Å². The number of benzene rings is 2. The van der Waals surface area contributed by atoms with E-state index in [0.29, 0.717) is 0 Å². The van der Waals surface area contributed by atoms with E-state index in [-0.39, 0.29) is 6.79 Å². The van der Waals surface area contributed by atoms with Gasteiger partial charge in [0.05, 0.1) is 11.4 Å². The summed E-state index contributed by atoms with van der Waals surface area (Å²) in [4.78, 5) is 0. The molecule has 1 N–H and O–H groups in total. The highest BCUT2D eigenvalue weighted by Crippen LogP contribution is 2.36. The van der Waals surface area contributed by atoms with Gasteiger partial charge in [-0.2, -0.15) is 5.10 Å². The zero-order valence-electron chi connectivity index (χ0n) is 13.6. The average molecular weight is 308 g/mol. The molecule has 1 aliphatic heterocycles. The van der Waals surface area contributed by atoms with Gasteiger partial charge in [0.25, 0.3) is 0 Å². The minimum atomic E-state index is 0.288. The number of fused-ring (bicyclic) bond motifs is 1. The van der Waals surface area contributed by atoms with E-state index in [2.05, 4.69) is 35.3 Å². The van der Waals surface area contributed by atoms with Gasteiger partial charge >= 0.3 is 0 Å². The van der Waals surface area contributed by atoms with E-state index in [1.54, 1.807) is 0 Å². The third-order valence-corrected chi connectivity index (χ3v) is 3.58. The fourth-order valence-electron chi connectivity index (χ4n) is 2.49. The van der Waals surface area contributed by atoms with Gasteiger partial charge in [0.15, 0.2) is 11.5 Å². The Morgan fingerprint density at radius 3 is 2.57 bits per heavy atom. The van der Waals surface area contributed by atoms with Crippen LogP contribution in [0, 0.1) is 6.92 Å². The predicted molar refractivity (Wildman–Crippen MR) is 91.7 cm³/mol. The van der Waals surface area contributed by atoms with Crippen LogP contribution in [0.4, 0.5) is 0 Å². The number of aromatic nitrogens is 2. The molecule has 0 aliphatic carbocycles. The second-order valence-corrected chi connectivity index (χ2v) is 5.10. The van der Waals surface area contributed by atoms with Gasteiger partial charge in [-0.05, 0) is 37.3 Å². The summed E-state index contributed by atoms with van der Waals surface area (Å²) in [5.74, 6) is 1.57. The molecule has 118 valence electrons. The first kappa shape index (κ1) is 15.2. The number of aromatic amines is 1. The molecule has 0 bridgehead atoms. The fraction of sp³-hybridized carbons (Fsp3) is 0.211. The monoisotopic (exact) mass is 308 g/mol. The molecule has 3 aromatic rings. The Balaban J connectivity index is 0.000000753. The van der Waals surface area contributed by atoms with Crippen molar-refractivity contribution in [2.24, 2.45) is 0 Å². The second-order valence-electron chi connectivity index (χ2n) is 5.10. The van der Waals surface area contributed by atoms with E-state index in [1.165, 1.54) is 5.56 Å². The Kier molecular flexibility index (Phi) is 4.33. The normalized spacial score (nSPS) is 11.8. The maximum atomic E-state index is 5.41. The quantitative estimate of drug-likeness (QED) is 0.739. The van der Waals surface area contributed by atoms with Crippen molar-refractivity contribution in [1.82, 2.24) is 10.2 Å². The van der Waals surface area contributed by atoms with Crippen LogP contribution in [0.5, 0.6) is 11.5 Å². The van der Waals surface area contributed by atoms with E-state index in [9.17, 15) is 0 Å². The van der Waals surface area contributed by atoms with Crippen LogP contribution in [0.1, 0.15) is 19.4 Å². The summed E-state index contributed by atoms with van der Waals surface area (Å²) >= 11 is 0.